The fourth-order valence-corrected chi connectivity index (χ4v) is 4.98. The van der Waals surface area contributed by atoms with Crippen molar-refractivity contribution in [3.05, 3.63) is 83.9 Å². The largest absolute Gasteiger partial charge is 0.350 e. The predicted molar refractivity (Wildman–Crippen MR) is 113 cm³/mol. The highest BCUT2D eigenvalue weighted by molar-refractivity contribution is 5.87. The number of amides is 1. The van der Waals surface area contributed by atoms with Crippen LogP contribution in [0.4, 0.5) is 0 Å². The van der Waals surface area contributed by atoms with Gasteiger partial charge in [-0.2, -0.15) is 0 Å². The number of carbonyl (C=O) groups is 1. The maximum Gasteiger partial charge on any atom is 0.228 e. The zero-order valence-electron chi connectivity index (χ0n) is 16.1. The minimum atomic E-state index is -0.0210. The first kappa shape index (κ1) is 17.4. The monoisotopic (exact) mass is 370 g/mol. The molecule has 1 atom stereocenters. The van der Waals surface area contributed by atoms with Gasteiger partial charge in [0.2, 0.25) is 5.91 Å². The molecule has 0 radical (unpaired) electrons. The highest BCUT2D eigenvalue weighted by Crippen LogP contribution is 2.39. The molecule has 3 heteroatoms. The average molecular weight is 370 g/mol. The lowest BCUT2D eigenvalue weighted by Gasteiger charge is -2.39. The Kier molecular flexibility index (Phi) is 4.40. The van der Waals surface area contributed by atoms with Crippen molar-refractivity contribution < 1.29 is 4.79 Å². The van der Waals surface area contributed by atoms with Gasteiger partial charge in [0.15, 0.2) is 0 Å². The Morgan fingerprint density at radius 3 is 2.43 bits per heavy atom. The zero-order valence-corrected chi connectivity index (χ0v) is 16.1. The third-order valence-electron chi connectivity index (χ3n) is 6.59. The van der Waals surface area contributed by atoms with Crippen LogP contribution in [0, 0.1) is 0 Å². The number of rotatable bonds is 3. The Morgan fingerprint density at radius 2 is 1.61 bits per heavy atom. The van der Waals surface area contributed by atoms with Crippen molar-refractivity contribution in [2.75, 3.05) is 13.1 Å². The standard InChI is InChI=1S/C25H26N2O/c28-24-23(20-7-2-1-3-8-20)17-25(26-24)13-15-27(16-14-25)18-21-11-6-10-19-9-4-5-12-22(19)21/h1-12,23H,13-18H2,(H,26,28). The first-order valence-corrected chi connectivity index (χ1v) is 10.3. The Balaban J connectivity index is 1.27. The van der Waals surface area contributed by atoms with Gasteiger partial charge in [0.1, 0.15) is 0 Å². The van der Waals surface area contributed by atoms with Crippen LogP contribution in [0.15, 0.2) is 72.8 Å². The molecule has 2 fully saturated rings. The van der Waals surface area contributed by atoms with Crippen LogP contribution < -0.4 is 5.32 Å². The molecule has 1 N–H and O–H groups in total. The topological polar surface area (TPSA) is 32.3 Å². The van der Waals surface area contributed by atoms with Crippen LogP contribution in [0.25, 0.3) is 10.8 Å². The van der Waals surface area contributed by atoms with E-state index >= 15 is 0 Å². The highest BCUT2D eigenvalue weighted by Gasteiger charge is 2.46. The van der Waals surface area contributed by atoms with Crippen molar-refractivity contribution in [3.8, 4) is 0 Å². The molecule has 0 saturated carbocycles. The van der Waals surface area contributed by atoms with E-state index in [0.717, 1.165) is 44.5 Å². The van der Waals surface area contributed by atoms with Crippen molar-refractivity contribution in [1.29, 1.82) is 0 Å². The molecular weight excluding hydrogens is 344 g/mol. The first-order valence-electron chi connectivity index (χ1n) is 10.3. The van der Waals surface area contributed by atoms with Gasteiger partial charge in [-0.1, -0.05) is 72.8 Å². The van der Waals surface area contributed by atoms with Crippen LogP contribution in [0.5, 0.6) is 0 Å². The summed E-state index contributed by atoms with van der Waals surface area (Å²) in [5, 5.41) is 6.02. The Bertz CT molecular complexity index is 984. The van der Waals surface area contributed by atoms with E-state index in [0.29, 0.717) is 0 Å². The molecule has 1 amide bonds. The Morgan fingerprint density at radius 1 is 0.893 bits per heavy atom. The van der Waals surface area contributed by atoms with E-state index in [1.165, 1.54) is 16.3 Å². The Hall–Kier alpha value is -2.65. The van der Waals surface area contributed by atoms with Gasteiger partial charge in [0.05, 0.1) is 5.92 Å². The van der Waals surface area contributed by atoms with Gasteiger partial charge in [-0.3, -0.25) is 9.69 Å². The molecule has 142 valence electrons. The van der Waals surface area contributed by atoms with E-state index in [1.54, 1.807) is 0 Å². The van der Waals surface area contributed by atoms with E-state index < -0.39 is 0 Å². The molecule has 2 aliphatic heterocycles. The Labute approximate surface area is 166 Å². The van der Waals surface area contributed by atoms with Crippen LogP contribution in [0.2, 0.25) is 0 Å². The lowest BCUT2D eigenvalue weighted by atomic mass is 9.82. The molecule has 2 saturated heterocycles. The summed E-state index contributed by atoms with van der Waals surface area (Å²) in [7, 11) is 0. The van der Waals surface area contributed by atoms with Gasteiger partial charge in [-0.15, -0.1) is 0 Å². The quantitative estimate of drug-likeness (QED) is 0.737. The van der Waals surface area contributed by atoms with Crippen LogP contribution in [0.3, 0.4) is 0 Å². The van der Waals surface area contributed by atoms with Gasteiger partial charge in [0.25, 0.3) is 0 Å². The summed E-state index contributed by atoms with van der Waals surface area (Å²) < 4.78 is 0. The number of likely N-dealkylation sites (tertiary alicyclic amines) is 1. The minimum Gasteiger partial charge on any atom is -0.350 e. The van der Waals surface area contributed by atoms with Crippen LogP contribution in [-0.4, -0.2) is 29.4 Å². The smallest absolute Gasteiger partial charge is 0.228 e. The number of hydrogen-bond donors (Lipinski definition) is 1. The maximum absolute atomic E-state index is 12.6. The average Bonchev–Trinajstić information content (AvgIpc) is 3.07. The van der Waals surface area contributed by atoms with Gasteiger partial charge in [0, 0.05) is 25.2 Å². The van der Waals surface area contributed by atoms with Gasteiger partial charge >= 0.3 is 0 Å². The number of hydrogen-bond acceptors (Lipinski definition) is 2. The van der Waals surface area contributed by atoms with Crippen molar-refractivity contribution in [2.24, 2.45) is 0 Å². The van der Waals surface area contributed by atoms with Crippen molar-refractivity contribution in [3.63, 3.8) is 0 Å². The summed E-state index contributed by atoms with van der Waals surface area (Å²) >= 11 is 0. The molecule has 0 aliphatic carbocycles. The minimum absolute atomic E-state index is 0.00539. The summed E-state index contributed by atoms with van der Waals surface area (Å²) in [6.07, 6.45) is 3.00. The summed E-state index contributed by atoms with van der Waals surface area (Å²) in [5.41, 5.74) is 2.52. The molecule has 0 aromatic heterocycles. The fraction of sp³-hybridized carbons (Fsp3) is 0.320. The van der Waals surface area contributed by atoms with Crippen molar-refractivity contribution >= 4 is 16.7 Å². The number of carbonyl (C=O) groups excluding carboxylic acids is 1. The summed E-state index contributed by atoms with van der Waals surface area (Å²) in [6, 6.07) is 25.4. The van der Waals surface area contributed by atoms with Crippen molar-refractivity contribution in [1.82, 2.24) is 10.2 Å². The number of piperidine rings is 1. The molecule has 1 unspecified atom stereocenters. The molecule has 28 heavy (non-hydrogen) atoms. The zero-order chi connectivity index (χ0) is 19.0. The second kappa shape index (κ2) is 7.06. The van der Waals surface area contributed by atoms with Crippen LogP contribution in [-0.2, 0) is 11.3 Å². The van der Waals surface area contributed by atoms with E-state index in [1.807, 2.05) is 18.2 Å². The lowest BCUT2D eigenvalue weighted by molar-refractivity contribution is -0.121. The molecule has 3 aromatic rings. The van der Waals surface area contributed by atoms with Crippen molar-refractivity contribution in [2.45, 2.75) is 37.3 Å². The van der Waals surface area contributed by atoms with E-state index in [2.05, 4.69) is 64.8 Å². The number of benzene rings is 3. The second-order valence-corrected chi connectivity index (χ2v) is 8.35. The molecule has 3 nitrogen and oxygen atoms in total. The fourth-order valence-electron chi connectivity index (χ4n) is 4.98. The molecule has 2 heterocycles. The normalized spacial score (nSPS) is 21.9. The summed E-state index contributed by atoms with van der Waals surface area (Å²) in [4.78, 5) is 15.2. The number of nitrogens with one attached hydrogen (secondary N) is 1. The van der Waals surface area contributed by atoms with Gasteiger partial charge in [-0.05, 0) is 41.2 Å². The summed E-state index contributed by atoms with van der Waals surface area (Å²) in [5.74, 6) is 0.208. The molecule has 0 bridgehead atoms. The van der Waals surface area contributed by atoms with Gasteiger partial charge < -0.3 is 5.32 Å². The third-order valence-corrected chi connectivity index (χ3v) is 6.59. The predicted octanol–water partition coefficient (Wildman–Crippen LogP) is 4.48. The second-order valence-electron chi connectivity index (χ2n) is 8.35. The molecule has 3 aromatic carbocycles. The first-order chi connectivity index (χ1) is 13.7. The highest BCUT2D eigenvalue weighted by atomic mass is 16.2. The van der Waals surface area contributed by atoms with Crippen LogP contribution >= 0.6 is 0 Å². The lowest BCUT2D eigenvalue weighted by Crippen LogP contribution is -2.50. The van der Waals surface area contributed by atoms with E-state index in [4.69, 9.17) is 0 Å². The number of fused-ring (bicyclic) bond motifs is 1. The van der Waals surface area contributed by atoms with Crippen LogP contribution in [0.1, 0.15) is 36.3 Å². The summed E-state index contributed by atoms with van der Waals surface area (Å²) in [6.45, 7) is 3.05. The molecule has 1 spiro atoms. The SMILES string of the molecule is O=C1NC2(CCN(Cc3cccc4ccccc34)CC2)CC1c1ccccc1. The van der Waals surface area contributed by atoms with E-state index in [9.17, 15) is 4.79 Å². The van der Waals surface area contributed by atoms with E-state index in [-0.39, 0.29) is 17.4 Å². The molecule has 2 aliphatic rings. The third kappa shape index (κ3) is 3.20. The number of nitrogens with zero attached hydrogens (tertiary/aromatic N) is 1. The maximum atomic E-state index is 12.6. The molecular formula is C25H26N2O. The van der Waals surface area contributed by atoms with Gasteiger partial charge in [-0.25, -0.2) is 0 Å². The molecule has 5 rings (SSSR count).